The molecule has 5 heteroatoms. The van der Waals surface area contributed by atoms with Crippen LogP contribution in [0.3, 0.4) is 0 Å². The van der Waals surface area contributed by atoms with Gasteiger partial charge in [-0.2, -0.15) is 0 Å². The van der Waals surface area contributed by atoms with Gasteiger partial charge >= 0.3 is 0 Å². The van der Waals surface area contributed by atoms with E-state index >= 15 is 0 Å². The van der Waals surface area contributed by atoms with Crippen LogP contribution in [-0.4, -0.2) is 18.6 Å². The van der Waals surface area contributed by atoms with Crippen LogP contribution in [0.2, 0.25) is 0 Å². The summed E-state index contributed by atoms with van der Waals surface area (Å²) in [5.74, 6) is 1.23. The molecule has 1 N–H and O–H groups in total. The van der Waals surface area contributed by atoms with Gasteiger partial charge in [0, 0.05) is 16.2 Å². The quantitative estimate of drug-likeness (QED) is 0.725. The zero-order chi connectivity index (χ0) is 17.5. The third-order valence-electron chi connectivity index (χ3n) is 3.53. The van der Waals surface area contributed by atoms with Gasteiger partial charge in [-0.05, 0) is 56.2 Å². The first-order valence-electron chi connectivity index (χ1n) is 7.93. The minimum absolute atomic E-state index is 0.0427. The number of rotatable bonds is 7. The molecular weight excluding hydrogens is 370 g/mol. The summed E-state index contributed by atoms with van der Waals surface area (Å²) in [5.41, 5.74) is 1.66. The van der Waals surface area contributed by atoms with E-state index in [9.17, 15) is 4.79 Å². The lowest BCUT2D eigenvalue weighted by Gasteiger charge is -2.14. The fourth-order valence-electron chi connectivity index (χ4n) is 2.08. The average Bonchev–Trinajstić information content (AvgIpc) is 2.54. The summed E-state index contributed by atoms with van der Waals surface area (Å²) in [6.45, 7) is 5.98. The van der Waals surface area contributed by atoms with Crippen molar-refractivity contribution in [3.63, 3.8) is 0 Å². The van der Waals surface area contributed by atoms with Gasteiger partial charge in [0.05, 0.1) is 6.10 Å². The molecule has 24 heavy (non-hydrogen) atoms. The summed E-state index contributed by atoms with van der Waals surface area (Å²) >= 11 is 3.40. The van der Waals surface area contributed by atoms with Crippen molar-refractivity contribution in [2.45, 2.75) is 33.3 Å². The summed E-state index contributed by atoms with van der Waals surface area (Å²) < 4.78 is 12.3. The van der Waals surface area contributed by atoms with Gasteiger partial charge in [-0.15, -0.1) is 0 Å². The van der Waals surface area contributed by atoms with Gasteiger partial charge < -0.3 is 14.8 Å². The van der Waals surface area contributed by atoms with Crippen molar-refractivity contribution in [3.8, 4) is 11.5 Å². The van der Waals surface area contributed by atoms with Crippen LogP contribution in [0, 0.1) is 6.92 Å². The predicted molar refractivity (Wildman–Crippen MR) is 99.8 cm³/mol. The molecule has 4 nitrogen and oxygen atoms in total. The molecule has 0 aliphatic carbocycles. The Labute approximate surface area is 151 Å². The summed E-state index contributed by atoms with van der Waals surface area (Å²) in [6.07, 6.45) is 1.07. The molecule has 1 atom stereocenters. The summed E-state index contributed by atoms with van der Waals surface area (Å²) in [7, 11) is 0. The molecule has 0 radical (unpaired) electrons. The fourth-order valence-corrected chi connectivity index (χ4v) is 2.55. The molecule has 2 aromatic rings. The first-order chi connectivity index (χ1) is 11.5. The van der Waals surface area contributed by atoms with Crippen molar-refractivity contribution >= 4 is 27.5 Å². The summed E-state index contributed by atoms with van der Waals surface area (Å²) in [4.78, 5) is 12.1. The van der Waals surface area contributed by atoms with Gasteiger partial charge in [-0.25, -0.2) is 0 Å². The molecule has 0 spiro atoms. The number of nitrogens with one attached hydrogen (secondary N) is 1. The monoisotopic (exact) mass is 391 g/mol. The lowest BCUT2D eigenvalue weighted by atomic mass is 10.2. The lowest BCUT2D eigenvalue weighted by molar-refractivity contribution is -0.118. The molecule has 0 fully saturated rings. The number of hydrogen-bond acceptors (Lipinski definition) is 3. The Balaban J connectivity index is 1.91. The van der Waals surface area contributed by atoms with Crippen molar-refractivity contribution in [2.24, 2.45) is 0 Å². The number of anilines is 1. The zero-order valence-electron chi connectivity index (χ0n) is 14.1. The van der Waals surface area contributed by atoms with Gasteiger partial charge in [0.1, 0.15) is 11.5 Å². The number of benzene rings is 2. The van der Waals surface area contributed by atoms with Crippen molar-refractivity contribution in [1.82, 2.24) is 0 Å². The molecule has 0 aromatic heterocycles. The maximum absolute atomic E-state index is 12.1. The molecular formula is C19H22BrNO3. The fraction of sp³-hybridized carbons (Fsp3) is 0.316. The lowest BCUT2D eigenvalue weighted by Crippen LogP contribution is -2.20. The van der Waals surface area contributed by atoms with Crippen molar-refractivity contribution in [1.29, 1.82) is 0 Å². The third-order valence-corrected chi connectivity index (χ3v) is 4.02. The van der Waals surface area contributed by atoms with Crippen LogP contribution in [0.1, 0.15) is 25.8 Å². The van der Waals surface area contributed by atoms with E-state index in [2.05, 4.69) is 28.2 Å². The minimum Gasteiger partial charge on any atom is -0.491 e. The Morgan fingerprint density at radius 3 is 2.75 bits per heavy atom. The second-order valence-corrected chi connectivity index (χ2v) is 6.53. The van der Waals surface area contributed by atoms with E-state index in [1.54, 1.807) is 0 Å². The van der Waals surface area contributed by atoms with E-state index in [1.165, 1.54) is 0 Å². The standard InChI is InChI=1S/C19H22BrNO3/c1-4-14(3)24-17-7-5-6-16(11-17)21-19(22)12-23-18-9-8-15(20)10-13(18)2/h5-11,14H,4,12H2,1-3H3,(H,21,22). The van der Waals surface area contributed by atoms with Crippen LogP contribution in [0.4, 0.5) is 5.69 Å². The largest absolute Gasteiger partial charge is 0.491 e. The van der Waals surface area contributed by atoms with Crippen LogP contribution >= 0.6 is 15.9 Å². The average molecular weight is 392 g/mol. The zero-order valence-corrected chi connectivity index (χ0v) is 15.7. The number of carbonyl (C=O) groups excluding carboxylic acids is 1. The highest BCUT2D eigenvalue weighted by Gasteiger charge is 2.07. The molecule has 0 aliphatic rings. The van der Waals surface area contributed by atoms with Gasteiger partial charge in [-0.3, -0.25) is 4.79 Å². The van der Waals surface area contributed by atoms with Gasteiger partial charge in [0.15, 0.2) is 6.61 Å². The smallest absolute Gasteiger partial charge is 0.262 e. The molecule has 2 aromatic carbocycles. The molecule has 2 rings (SSSR count). The molecule has 0 saturated heterocycles. The Morgan fingerprint density at radius 2 is 2.04 bits per heavy atom. The molecule has 1 unspecified atom stereocenters. The van der Waals surface area contributed by atoms with Gasteiger partial charge in [-0.1, -0.05) is 28.9 Å². The minimum atomic E-state index is -0.210. The number of carbonyl (C=O) groups is 1. The summed E-state index contributed by atoms with van der Waals surface area (Å²) in [6, 6.07) is 13.0. The van der Waals surface area contributed by atoms with Crippen LogP contribution in [0.15, 0.2) is 46.9 Å². The molecule has 0 bridgehead atoms. The van der Waals surface area contributed by atoms with Crippen LogP contribution < -0.4 is 14.8 Å². The third kappa shape index (κ3) is 5.57. The first-order valence-corrected chi connectivity index (χ1v) is 8.72. The van der Waals surface area contributed by atoms with E-state index in [0.29, 0.717) is 11.4 Å². The predicted octanol–water partition coefficient (Wildman–Crippen LogP) is 4.95. The topological polar surface area (TPSA) is 47.6 Å². The van der Waals surface area contributed by atoms with E-state index in [0.717, 1.165) is 22.2 Å². The normalized spacial score (nSPS) is 11.7. The van der Waals surface area contributed by atoms with E-state index in [1.807, 2.05) is 56.3 Å². The van der Waals surface area contributed by atoms with E-state index in [4.69, 9.17) is 9.47 Å². The van der Waals surface area contributed by atoms with Gasteiger partial charge in [0.2, 0.25) is 0 Å². The number of amides is 1. The number of halogens is 1. The van der Waals surface area contributed by atoms with Crippen molar-refractivity contribution in [2.75, 3.05) is 11.9 Å². The second-order valence-electron chi connectivity index (χ2n) is 5.61. The number of hydrogen-bond donors (Lipinski definition) is 1. The van der Waals surface area contributed by atoms with E-state index in [-0.39, 0.29) is 18.6 Å². The Bertz CT molecular complexity index is 703. The maximum atomic E-state index is 12.1. The number of ether oxygens (including phenoxy) is 2. The van der Waals surface area contributed by atoms with Crippen molar-refractivity contribution in [3.05, 3.63) is 52.5 Å². The van der Waals surface area contributed by atoms with Crippen LogP contribution in [0.5, 0.6) is 11.5 Å². The maximum Gasteiger partial charge on any atom is 0.262 e. The Morgan fingerprint density at radius 1 is 1.25 bits per heavy atom. The number of aryl methyl sites for hydroxylation is 1. The highest BCUT2D eigenvalue weighted by atomic mass is 79.9. The molecule has 1 amide bonds. The first kappa shape index (κ1) is 18.3. The Kier molecular flexibility index (Phi) is 6.67. The molecule has 0 saturated carbocycles. The van der Waals surface area contributed by atoms with E-state index < -0.39 is 0 Å². The van der Waals surface area contributed by atoms with Gasteiger partial charge in [0.25, 0.3) is 5.91 Å². The highest BCUT2D eigenvalue weighted by molar-refractivity contribution is 9.10. The second kappa shape index (κ2) is 8.73. The van der Waals surface area contributed by atoms with Crippen molar-refractivity contribution < 1.29 is 14.3 Å². The van der Waals surface area contributed by atoms with Crippen LogP contribution in [0.25, 0.3) is 0 Å². The molecule has 128 valence electrons. The van der Waals surface area contributed by atoms with Crippen LogP contribution in [-0.2, 0) is 4.79 Å². The molecule has 0 aliphatic heterocycles. The highest BCUT2D eigenvalue weighted by Crippen LogP contribution is 2.22. The SMILES string of the molecule is CCC(C)Oc1cccc(NC(=O)COc2ccc(Br)cc2C)c1. The summed E-state index contributed by atoms with van der Waals surface area (Å²) in [5, 5.41) is 2.82. The molecule has 0 heterocycles. The Hall–Kier alpha value is -2.01.